The number of nitrogens with one attached hydrogen (secondary N) is 2. The van der Waals surface area contributed by atoms with Crippen molar-refractivity contribution in [2.24, 2.45) is 5.92 Å². The van der Waals surface area contributed by atoms with Gasteiger partial charge in [-0.1, -0.05) is 19.3 Å². The predicted octanol–water partition coefficient (Wildman–Crippen LogP) is 1.48. The molecule has 0 bridgehead atoms. The van der Waals surface area contributed by atoms with Crippen molar-refractivity contribution in [1.82, 2.24) is 15.5 Å². The van der Waals surface area contributed by atoms with E-state index in [2.05, 4.69) is 15.5 Å². The first-order valence-electron chi connectivity index (χ1n) is 6.63. The van der Waals surface area contributed by atoms with E-state index in [1.807, 2.05) is 0 Å². The molecule has 0 spiro atoms. The van der Waals surface area contributed by atoms with Gasteiger partial charge in [0.25, 0.3) is 5.91 Å². The summed E-state index contributed by atoms with van der Waals surface area (Å²) in [6.45, 7) is 1.79. The molecule has 3 N–H and O–H groups in total. The Morgan fingerprint density at radius 3 is 2.63 bits per heavy atom. The van der Waals surface area contributed by atoms with Gasteiger partial charge in [-0.05, 0) is 31.7 Å². The molecule has 0 radical (unpaired) electrons. The normalized spacial score (nSPS) is 17.9. The lowest BCUT2D eigenvalue weighted by atomic mass is 9.84. The van der Waals surface area contributed by atoms with Gasteiger partial charge in [-0.3, -0.25) is 9.89 Å². The van der Waals surface area contributed by atoms with Crippen LogP contribution in [0.5, 0.6) is 0 Å². The van der Waals surface area contributed by atoms with E-state index in [4.69, 9.17) is 0 Å². The van der Waals surface area contributed by atoms with Gasteiger partial charge in [0.15, 0.2) is 0 Å². The van der Waals surface area contributed by atoms with Gasteiger partial charge < -0.3 is 10.4 Å². The molecule has 0 aliphatic heterocycles. The van der Waals surface area contributed by atoms with Gasteiger partial charge in [0, 0.05) is 5.69 Å². The Morgan fingerprint density at radius 1 is 1.42 bits per heavy atom. The van der Waals surface area contributed by atoms with E-state index in [0.717, 1.165) is 37.8 Å². The van der Waals surface area contributed by atoms with Crippen molar-refractivity contribution in [1.29, 1.82) is 0 Å². The number of amides is 1. The molecule has 2 rings (SSSR count). The molecule has 1 aromatic rings. The van der Waals surface area contributed by atoms with Crippen LogP contribution in [-0.4, -0.2) is 33.2 Å². The van der Waals surface area contributed by atoms with Crippen LogP contribution >= 0.6 is 0 Å². The topological polar surface area (TPSA) is 95.1 Å². The first-order chi connectivity index (χ1) is 9.08. The van der Waals surface area contributed by atoms with Crippen LogP contribution in [0, 0.1) is 12.8 Å². The molecular weight excluding hydrogens is 246 g/mol. The first kappa shape index (κ1) is 13.6. The van der Waals surface area contributed by atoms with Crippen LogP contribution in [0.4, 0.5) is 0 Å². The highest BCUT2D eigenvalue weighted by molar-refractivity contribution is 5.95. The van der Waals surface area contributed by atoms with Crippen LogP contribution in [0.3, 0.4) is 0 Å². The number of carbonyl (C=O) groups is 2. The quantitative estimate of drug-likeness (QED) is 0.768. The highest BCUT2D eigenvalue weighted by Gasteiger charge is 2.31. The number of hydrogen-bond donors (Lipinski definition) is 3. The number of aromatic nitrogens is 2. The maximum Gasteiger partial charge on any atom is 0.326 e. The van der Waals surface area contributed by atoms with Crippen molar-refractivity contribution in [3.05, 3.63) is 17.5 Å². The van der Waals surface area contributed by atoms with Crippen molar-refractivity contribution in [3.63, 3.8) is 0 Å². The van der Waals surface area contributed by atoms with Crippen LogP contribution in [-0.2, 0) is 4.79 Å². The molecule has 6 heteroatoms. The average molecular weight is 265 g/mol. The molecular formula is C13H19N3O3. The third-order valence-electron chi connectivity index (χ3n) is 3.61. The van der Waals surface area contributed by atoms with Crippen LogP contribution < -0.4 is 5.32 Å². The van der Waals surface area contributed by atoms with E-state index in [9.17, 15) is 14.7 Å². The van der Waals surface area contributed by atoms with E-state index < -0.39 is 17.9 Å². The number of nitrogens with zero attached hydrogens (tertiary/aromatic N) is 1. The fourth-order valence-electron chi connectivity index (χ4n) is 2.60. The fourth-order valence-corrected chi connectivity index (χ4v) is 2.60. The van der Waals surface area contributed by atoms with Crippen LogP contribution in [0.2, 0.25) is 0 Å². The standard InChI is InChI=1S/C13H19N3O3/c1-8-7-10(16-15-8)12(17)14-11(13(18)19)9-5-3-2-4-6-9/h7,9,11H,2-6H2,1H3,(H,14,17)(H,15,16)(H,18,19). The second-order valence-electron chi connectivity index (χ2n) is 5.12. The van der Waals surface area contributed by atoms with Crippen molar-refractivity contribution in [2.45, 2.75) is 45.1 Å². The number of aromatic amines is 1. The fraction of sp³-hybridized carbons (Fsp3) is 0.615. The lowest BCUT2D eigenvalue weighted by Gasteiger charge is -2.27. The molecule has 1 fully saturated rings. The Hall–Kier alpha value is -1.85. The largest absolute Gasteiger partial charge is 0.480 e. The Kier molecular flexibility index (Phi) is 4.19. The minimum atomic E-state index is -0.965. The number of carboxylic acids is 1. The summed E-state index contributed by atoms with van der Waals surface area (Å²) in [5.41, 5.74) is 1.01. The number of aliphatic carboxylic acids is 1. The Balaban J connectivity index is 2.04. The third kappa shape index (κ3) is 3.33. The summed E-state index contributed by atoms with van der Waals surface area (Å²) in [7, 11) is 0. The van der Waals surface area contributed by atoms with Gasteiger partial charge >= 0.3 is 5.97 Å². The molecule has 19 heavy (non-hydrogen) atoms. The van der Waals surface area contributed by atoms with E-state index in [-0.39, 0.29) is 11.6 Å². The maximum absolute atomic E-state index is 12.0. The summed E-state index contributed by atoms with van der Waals surface area (Å²) in [4.78, 5) is 23.3. The number of aryl methyl sites for hydroxylation is 1. The third-order valence-corrected chi connectivity index (χ3v) is 3.61. The summed E-state index contributed by atoms with van der Waals surface area (Å²) in [5.74, 6) is -1.37. The van der Waals surface area contributed by atoms with E-state index >= 15 is 0 Å². The molecule has 1 atom stereocenters. The average Bonchev–Trinajstić information content (AvgIpc) is 2.83. The van der Waals surface area contributed by atoms with Gasteiger partial charge in [-0.2, -0.15) is 5.10 Å². The lowest BCUT2D eigenvalue weighted by molar-refractivity contribution is -0.141. The molecule has 1 heterocycles. The highest BCUT2D eigenvalue weighted by Crippen LogP contribution is 2.26. The van der Waals surface area contributed by atoms with Gasteiger partial charge in [-0.15, -0.1) is 0 Å². The van der Waals surface area contributed by atoms with Crippen molar-refractivity contribution < 1.29 is 14.7 Å². The summed E-state index contributed by atoms with van der Waals surface area (Å²) in [5, 5.41) is 18.4. The number of hydrogen-bond acceptors (Lipinski definition) is 3. The molecule has 0 saturated heterocycles. The second-order valence-corrected chi connectivity index (χ2v) is 5.12. The molecule has 1 aliphatic rings. The van der Waals surface area contributed by atoms with E-state index in [1.54, 1.807) is 13.0 Å². The molecule has 0 aromatic carbocycles. The molecule has 1 unspecified atom stereocenters. The number of carbonyl (C=O) groups excluding carboxylic acids is 1. The number of H-pyrrole nitrogens is 1. The summed E-state index contributed by atoms with van der Waals surface area (Å²) >= 11 is 0. The van der Waals surface area contributed by atoms with Gasteiger partial charge in [0.2, 0.25) is 0 Å². The summed E-state index contributed by atoms with van der Waals surface area (Å²) in [6.07, 6.45) is 4.93. The Bertz CT molecular complexity index is 463. The smallest absolute Gasteiger partial charge is 0.326 e. The summed E-state index contributed by atoms with van der Waals surface area (Å²) in [6, 6.07) is 0.791. The Morgan fingerprint density at radius 2 is 2.11 bits per heavy atom. The predicted molar refractivity (Wildman–Crippen MR) is 68.8 cm³/mol. The minimum absolute atomic E-state index is 0.0234. The van der Waals surface area contributed by atoms with Gasteiger partial charge in [0.1, 0.15) is 11.7 Å². The highest BCUT2D eigenvalue weighted by atomic mass is 16.4. The molecule has 1 amide bonds. The Labute approximate surface area is 111 Å². The van der Waals surface area contributed by atoms with Gasteiger partial charge in [-0.25, -0.2) is 4.79 Å². The van der Waals surface area contributed by atoms with Crippen molar-refractivity contribution in [3.8, 4) is 0 Å². The summed E-state index contributed by atoms with van der Waals surface area (Å²) < 4.78 is 0. The molecule has 1 aliphatic carbocycles. The zero-order chi connectivity index (χ0) is 13.8. The lowest BCUT2D eigenvalue weighted by Crippen LogP contribution is -2.46. The molecule has 1 saturated carbocycles. The van der Waals surface area contributed by atoms with Gasteiger partial charge in [0.05, 0.1) is 0 Å². The van der Waals surface area contributed by atoms with Crippen LogP contribution in [0.1, 0.15) is 48.3 Å². The zero-order valence-electron chi connectivity index (χ0n) is 11.0. The molecule has 6 nitrogen and oxygen atoms in total. The van der Waals surface area contributed by atoms with E-state index in [1.165, 1.54) is 0 Å². The van der Waals surface area contributed by atoms with Crippen LogP contribution in [0.15, 0.2) is 6.07 Å². The second kappa shape index (κ2) is 5.86. The maximum atomic E-state index is 12.0. The first-order valence-corrected chi connectivity index (χ1v) is 6.63. The van der Waals surface area contributed by atoms with Crippen molar-refractivity contribution in [2.75, 3.05) is 0 Å². The monoisotopic (exact) mass is 265 g/mol. The molecule has 104 valence electrons. The molecule has 1 aromatic heterocycles. The van der Waals surface area contributed by atoms with E-state index in [0.29, 0.717) is 0 Å². The number of carboxylic acid groups (broad SMARTS) is 1. The van der Waals surface area contributed by atoms with Crippen LogP contribution in [0.25, 0.3) is 0 Å². The number of rotatable bonds is 4. The minimum Gasteiger partial charge on any atom is -0.480 e. The van der Waals surface area contributed by atoms with Crippen molar-refractivity contribution >= 4 is 11.9 Å². The zero-order valence-corrected chi connectivity index (χ0v) is 11.0. The SMILES string of the molecule is Cc1cc(C(=O)NC(C(=O)O)C2CCCCC2)n[nH]1.